The Labute approximate surface area is 53.7 Å². The van der Waals surface area contributed by atoms with Gasteiger partial charge in [-0.2, -0.15) is 0 Å². The molecule has 8 heavy (non-hydrogen) atoms. The summed E-state index contributed by atoms with van der Waals surface area (Å²) in [6.45, 7) is 1.94. The molecule has 0 saturated heterocycles. The summed E-state index contributed by atoms with van der Waals surface area (Å²) in [5, 5.41) is 0.126. The van der Waals surface area contributed by atoms with E-state index in [1.54, 1.807) is 6.33 Å². The molecule has 1 aromatic rings. The van der Waals surface area contributed by atoms with Crippen molar-refractivity contribution in [3.05, 3.63) is 18.2 Å². The normalized spacial score (nSPS) is 13.8. The Kier molecular flexibility index (Phi) is 1.58. The van der Waals surface area contributed by atoms with Gasteiger partial charge in [0.15, 0.2) is 0 Å². The van der Waals surface area contributed by atoms with Crippen molar-refractivity contribution < 1.29 is 0 Å². The molecule has 2 nitrogen and oxygen atoms in total. The lowest BCUT2D eigenvalue weighted by molar-refractivity contribution is 1.04. The first kappa shape index (κ1) is 5.69. The third kappa shape index (κ3) is 1.04. The monoisotopic (exact) mass is 127 g/mol. The molecule has 1 rings (SSSR count). The molecule has 1 unspecified atom stereocenters. The lowest BCUT2D eigenvalue weighted by Gasteiger charge is -1.91. The van der Waals surface area contributed by atoms with Gasteiger partial charge in [0, 0.05) is 6.20 Å². The summed E-state index contributed by atoms with van der Waals surface area (Å²) in [5.74, 6) is 0. The van der Waals surface area contributed by atoms with Crippen molar-refractivity contribution in [3.63, 3.8) is 0 Å². The minimum Gasteiger partial charge on any atom is -0.351 e. The fraction of sp³-hybridized carbons (Fsp3) is 0.400. The summed E-state index contributed by atoms with van der Waals surface area (Å²) in [5.41, 5.74) is 0.944. The summed E-state index contributed by atoms with van der Waals surface area (Å²) < 4.78 is 0. The lowest BCUT2D eigenvalue weighted by Crippen LogP contribution is -1.80. The minimum atomic E-state index is 0.126. The largest absolute Gasteiger partial charge is 0.351 e. The van der Waals surface area contributed by atoms with Gasteiger partial charge < -0.3 is 4.98 Å². The Hall–Kier alpha value is -0.440. The van der Waals surface area contributed by atoms with Crippen molar-refractivity contribution in [2.24, 2.45) is 0 Å². The fourth-order valence-corrected chi connectivity index (χ4v) is 0.623. The van der Waals surface area contributed by atoms with E-state index in [2.05, 4.69) is 9.97 Å². The van der Waals surface area contributed by atoms with Gasteiger partial charge in [-0.25, -0.2) is 4.98 Å². The van der Waals surface area contributed by atoms with Crippen molar-refractivity contribution in [2.45, 2.75) is 12.2 Å². The molecule has 0 aliphatic heterocycles. The van der Waals surface area contributed by atoms with Gasteiger partial charge in [-0.05, 0) is 6.92 Å². The highest BCUT2D eigenvalue weighted by molar-refractivity contribution is 7.80. The molecule has 1 radical (unpaired) electrons. The molecule has 0 fully saturated rings. The Bertz CT molecular complexity index is 145. The van der Waals surface area contributed by atoms with Crippen molar-refractivity contribution >= 4 is 12.6 Å². The zero-order chi connectivity index (χ0) is 5.98. The number of hydrogen-bond acceptors (Lipinski definition) is 1. The maximum atomic E-state index is 4.92. The van der Waals surface area contributed by atoms with E-state index in [4.69, 9.17) is 12.6 Å². The van der Waals surface area contributed by atoms with Crippen molar-refractivity contribution in [2.75, 3.05) is 0 Å². The van der Waals surface area contributed by atoms with Crippen molar-refractivity contribution in [1.82, 2.24) is 9.97 Å². The number of nitrogens with one attached hydrogen (secondary N) is 1. The van der Waals surface area contributed by atoms with E-state index in [0.717, 1.165) is 5.69 Å². The Morgan fingerprint density at radius 2 is 2.62 bits per heavy atom. The number of aromatic amines is 1. The quantitative estimate of drug-likeness (QED) is 0.610. The molecule has 0 saturated carbocycles. The van der Waals surface area contributed by atoms with Crippen LogP contribution in [0.4, 0.5) is 0 Å². The van der Waals surface area contributed by atoms with Gasteiger partial charge in [0.05, 0.1) is 17.3 Å². The molecule has 1 aromatic heterocycles. The van der Waals surface area contributed by atoms with Gasteiger partial charge in [-0.1, -0.05) is 12.6 Å². The van der Waals surface area contributed by atoms with Crippen LogP contribution < -0.4 is 0 Å². The maximum Gasteiger partial charge on any atom is 0.0923 e. The van der Waals surface area contributed by atoms with Crippen LogP contribution in [-0.4, -0.2) is 9.97 Å². The van der Waals surface area contributed by atoms with Crippen LogP contribution in [0, 0.1) is 0 Å². The lowest BCUT2D eigenvalue weighted by atomic mass is 10.4. The molecule has 0 aromatic carbocycles. The molecule has 0 bridgehead atoms. The smallest absolute Gasteiger partial charge is 0.0923 e. The predicted molar refractivity (Wildman–Crippen MR) is 34.6 cm³/mol. The van der Waals surface area contributed by atoms with E-state index in [9.17, 15) is 0 Å². The van der Waals surface area contributed by atoms with E-state index < -0.39 is 0 Å². The average Bonchev–Trinajstić information content (AvgIpc) is 2.12. The van der Waals surface area contributed by atoms with E-state index in [0.29, 0.717) is 0 Å². The van der Waals surface area contributed by atoms with Crippen molar-refractivity contribution in [1.29, 1.82) is 0 Å². The van der Waals surface area contributed by atoms with Crippen LogP contribution >= 0.6 is 12.6 Å². The summed E-state index contributed by atoms with van der Waals surface area (Å²) in [7, 11) is 0. The molecule has 1 N–H and O–H groups in total. The summed E-state index contributed by atoms with van der Waals surface area (Å²) in [4.78, 5) is 6.79. The van der Waals surface area contributed by atoms with E-state index >= 15 is 0 Å². The first-order valence-corrected chi connectivity index (χ1v) is 2.92. The van der Waals surface area contributed by atoms with Gasteiger partial charge >= 0.3 is 0 Å². The number of H-pyrrole nitrogens is 1. The van der Waals surface area contributed by atoms with E-state index in [1.165, 1.54) is 0 Å². The zero-order valence-electron chi connectivity index (χ0n) is 4.59. The first-order valence-electron chi connectivity index (χ1n) is 2.45. The summed E-state index contributed by atoms with van der Waals surface area (Å²) in [6, 6.07) is 0. The number of aromatic nitrogens is 2. The molecule has 3 heteroatoms. The Morgan fingerprint density at radius 1 is 1.88 bits per heavy atom. The molecule has 1 heterocycles. The highest BCUT2D eigenvalue weighted by Gasteiger charge is 1.98. The summed E-state index contributed by atoms with van der Waals surface area (Å²) in [6.07, 6.45) is 3.45. The van der Waals surface area contributed by atoms with Crippen LogP contribution in [0.2, 0.25) is 0 Å². The van der Waals surface area contributed by atoms with E-state index in [1.807, 2.05) is 13.1 Å². The zero-order valence-corrected chi connectivity index (χ0v) is 5.40. The standard InChI is InChI=1S/C5H7N2S/c1-4(8)5-2-6-3-7-5/h2-4H,1H3,(H,6,7). The molecule has 0 spiro atoms. The molecular formula is C5H7N2S. The molecule has 43 valence electrons. The van der Waals surface area contributed by atoms with Crippen LogP contribution in [0.1, 0.15) is 17.9 Å². The first-order chi connectivity index (χ1) is 3.80. The molecule has 0 aliphatic carbocycles. The number of imidazole rings is 1. The second-order valence-electron chi connectivity index (χ2n) is 1.64. The summed E-state index contributed by atoms with van der Waals surface area (Å²) >= 11 is 4.92. The Balaban J connectivity index is 2.77. The van der Waals surface area contributed by atoms with Gasteiger partial charge in [0.25, 0.3) is 0 Å². The number of nitrogens with zero attached hydrogens (tertiary/aromatic N) is 1. The SMILES string of the molecule is CC([S])c1c[nH]cn1. The van der Waals surface area contributed by atoms with Crippen LogP contribution in [0.3, 0.4) is 0 Å². The van der Waals surface area contributed by atoms with Crippen molar-refractivity contribution in [3.8, 4) is 0 Å². The number of hydrogen-bond donors (Lipinski definition) is 1. The maximum absolute atomic E-state index is 4.92. The second kappa shape index (κ2) is 2.22. The van der Waals surface area contributed by atoms with Crippen LogP contribution in [-0.2, 0) is 0 Å². The van der Waals surface area contributed by atoms with Crippen LogP contribution in [0.5, 0.6) is 0 Å². The van der Waals surface area contributed by atoms with Crippen LogP contribution in [0.25, 0.3) is 0 Å². The van der Waals surface area contributed by atoms with Gasteiger partial charge in [-0.15, -0.1) is 0 Å². The topological polar surface area (TPSA) is 28.7 Å². The molecular weight excluding hydrogens is 120 g/mol. The van der Waals surface area contributed by atoms with Crippen LogP contribution in [0.15, 0.2) is 12.5 Å². The van der Waals surface area contributed by atoms with Gasteiger partial charge in [0.2, 0.25) is 0 Å². The molecule has 0 aliphatic rings. The predicted octanol–water partition coefficient (Wildman–Crippen LogP) is 1.67. The molecule has 0 amide bonds. The minimum absolute atomic E-state index is 0.126. The average molecular weight is 127 g/mol. The number of rotatable bonds is 1. The Morgan fingerprint density at radius 3 is 2.88 bits per heavy atom. The van der Waals surface area contributed by atoms with Gasteiger partial charge in [-0.3, -0.25) is 0 Å². The fourth-order valence-electron chi connectivity index (χ4n) is 0.494. The van der Waals surface area contributed by atoms with E-state index in [-0.39, 0.29) is 5.25 Å². The second-order valence-corrected chi connectivity index (χ2v) is 2.34. The third-order valence-corrected chi connectivity index (χ3v) is 1.18. The highest BCUT2D eigenvalue weighted by Crippen LogP contribution is 2.13. The third-order valence-electron chi connectivity index (χ3n) is 0.936. The van der Waals surface area contributed by atoms with Gasteiger partial charge in [0.1, 0.15) is 0 Å². The molecule has 1 atom stereocenters. The highest BCUT2D eigenvalue weighted by atomic mass is 32.1.